The fourth-order valence-electron chi connectivity index (χ4n) is 0.806. The lowest BCUT2D eigenvalue weighted by Crippen LogP contribution is -2.13. The zero-order valence-corrected chi connectivity index (χ0v) is 11.6. The van der Waals surface area contributed by atoms with Crippen molar-refractivity contribution in [1.29, 1.82) is 0 Å². The van der Waals surface area contributed by atoms with E-state index in [0.29, 0.717) is 13.0 Å². The number of cyclic esters (lactones) is 1. The Balaban J connectivity index is 0. The highest BCUT2D eigenvalue weighted by Gasteiger charge is 2.05. The van der Waals surface area contributed by atoms with Gasteiger partial charge in [0, 0.05) is 6.42 Å². The van der Waals surface area contributed by atoms with Gasteiger partial charge in [0.05, 0.1) is 6.61 Å². The number of hydrogen-bond donors (Lipinski definition) is 4. The lowest BCUT2D eigenvalue weighted by Gasteiger charge is -1.93. The summed E-state index contributed by atoms with van der Waals surface area (Å²) in [5.74, 6) is -2.40. The smallest absolute Gasteiger partial charge is 0.332 e. The van der Waals surface area contributed by atoms with Crippen molar-refractivity contribution < 1.29 is 39.5 Å². The van der Waals surface area contributed by atoms with E-state index in [1.54, 1.807) is 0 Å². The molecule has 1 aliphatic rings. The molecule has 4 N–H and O–H groups in total. The van der Waals surface area contributed by atoms with Gasteiger partial charge in [0.2, 0.25) is 0 Å². The third kappa shape index (κ3) is 16.3. The van der Waals surface area contributed by atoms with Gasteiger partial charge < -0.3 is 25.2 Å². The van der Waals surface area contributed by atoms with Gasteiger partial charge >= 0.3 is 17.9 Å². The molecule has 0 radical (unpaired) electrons. The minimum Gasteiger partial charge on any atom is -0.479 e. The molecule has 1 heterocycles. The topological polar surface area (TPSA) is 141 Å². The first-order valence-electron chi connectivity index (χ1n) is 6.15. The van der Waals surface area contributed by atoms with Crippen LogP contribution in [0, 0.1) is 0 Å². The van der Waals surface area contributed by atoms with E-state index in [2.05, 4.69) is 0 Å². The van der Waals surface area contributed by atoms with Crippen LogP contribution in [0.1, 0.15) is 39.5 Å². The summed E-state index contributed by atoms with van der Waals surface area (Å²) in [7, 11) is 0. The van der Waals surface area contributed by atoms with Gasteiger partial charge in [0.15, 0.2) is 0 Å². The van der Waals surface area contributed by atoms with Crippen molar-refractivity contribution in [2.45, 2.75) is 51.7 Å². The highest BCUT2D eigenvalue weighted by atomic mass is 16.5. The maximum absolute atomic E-state index is 10.5. The number of rotatable bonds is 2. The van der Waals surface area contributed by atoms with Crippen LogP contribution in [0.15, 0.2) is 0 Å². The predicted molar refractivity (Wildman–Crippen MR) is 68.1 cm³/mol. The van der Waals surface area contributed by atoms with Gasteiger partial charge in [-0.1, -0.05) is 0 Å². The van der Waals surface area contributed by atoms with Crippen molar-refractivity contribution in [2.75, 3.05) is 6.61 Å². The first-order valence-corrected chi connectivity index (χ1v) is 6.15. The fraction of sp³-hybridized carbons (Fsp3) is 0.750. The van der Waals surface area contributed by atoms with E-state index in [4.69, 9.17) is 25.2 Å². The Morgan fingerprint density at radius 1 is 1.00 bits per heavy atom. The molecule has 0 aromatic heterocycles. The Hall–Kier alpha value is -1.67. The number of carboxylic acids is 2. The maximum atomic E-state index is 10.5. The average molecular weight is 294 g/mol. The van der Waals surface area contributed by atoms with Gasteiger partial charge in [-0.25, -0.2) is 9.59 Å². The standard InChI is InChI=1S/C6H10O2.2C3H6O3/c7-6-4-2-1-3-5-8-6;2*1-2(4)3(5)6/h1-5H2;2*2,4H,1H3,(H,5,6). The molecule has 1 saturated heterocycles. The van der Waals surface area contributed by atoms with E-state index in [9.17, 15) is 14.4 Å². The van der Waals surface area contributed by atoms with Crippen LogP contribution < -0.4 is 0 Å². The molecule has 0 aromatic carbocycles. The first-order chi connectivity index (χ1) is 9.18. The van der Waals surface area contributed by atoms with Gasteiger partial charge in [0.25, 0.3) is 0 Å². The fourth-order valence-corrected chi connectivity index (χ4v) is 0.806. The Bertz CT molecular complexity index is 270. The van der Waals surface area contributed by atoms with Gasteiger partial charge in [-0.15, -0.1) is 0 Å². The molecular weight excluding hydrogens is 272 g/mol. The molecule has 0 spiro atoms. The zero-order chi connectivity index (χ0) is 16.1. The van der Waals surface area contributed by atoms with Gasteiger partial charge in [-0.3, -0.25) is 4.79 Å². The SMILES string of the molecule is CC(O)C(=O)O.CC(O)C(=O)O.O=C1CCCCCO1. The molecule has 1 fully saturated rings. The molecule has 1 aliphatic heterocycles. The monoisotopic (exact) mass is 294 g/mol. The largest absolute Gasteiger partial charge is 0.479 e. The molecule has 0 bridgehead atoms. The summed E-state index contributed by atoms with van der Waals surface area (Å²) in [5.41, 5.74) is 0. The molecule has 0 aliphatic carbocycles. The van der Waals surface area contributed by atoms with Crippen molar-refractivity contribution in [3.8, 4) is 0 Å². The minimum atomic E-state index is -1.23. The molecule has 2 atom stereocenters. The molecule has 118 valence electrons. The highest BCUT2D eigenvalue weighted by Crippen LogP contribution is 2.06. The van der Waals surface area contributed by atoms with Crippen molar-refractivity contribution in [1.82, 2.24) is 0 Å². The van der Waals surface area contributed by atoms with Crippen LogP contribution in [0.2, 0.25) is 0 Å². The maximum Gasteiger partial charge on any atom is 0.332 e. The minimum absolute atomic E-state index is 0.0255. The molecule has 0 saturated carbocycles. The zero-order valence-electron chi connectivity index (χ0n) is 11.6. The summed E-state index contributed by atoms with van der Waals surface area (Å²) in [5, 5.41) is 31.5. The van der Waals surface area contributed by atoms with Crippen LogP contribution in [0.25, 0.3) is 0 Å². The lowest BCUT2D eigenvalue weighted by molar-refractivity contribution is -0.146. The molecule has 8 heteroatoms. The number of ether oxygens (including phenoxy) is 1. The number of carbonyl (C=O) groups is 3. The highest BCUT2D eigenvalue weighted by molar-refractivity contribution is 5.71. The average Bonchev–Trinajstić information content (AvgIpc) is 2.58. The second kappa shape index (κ2) is 12.4. The summed E-state index contributed by atoms with van der Waals surface area (Å²) in [4.78, 5) is 29.4. The summed E-state index contributed by atoms with van der Waals surface area (Å²) in [6.07, 6.45) is 1.37. The number of aliphatic hydroxyl groups is 2. The van der Waals surface area contributed by atoms with E-state index in [1.807, 2.05) is 0 Å². The van der Waals surface area contributed by atoms with Gasteiger partial charge in [-0.05, 0) is 33.1 Å². The quantitative estimate of drug-likeness (QED) is 0.522. The summed E-state index contributed by atoms with van der Waals surface area (Å²) < 4.78 is 4.76. The number of aliphatic carboxylic acids is 2. The third-order valence-corrected chi connectivity index (χ3v) is 2.00. The summed E-state index contributed by atoms with van der Waals surface area (Å²) in [6.45, 7) is 3.03. The predicted octanol–water partition coefficient (Wildman–Crippen LogP) is 0.00720. The third-order valence-electron chi connectivity index (χ3n) is 2.00. The Kier molecular flexibility index (Phi) is 12.8. The van der Waals surface area contributed by atoms with Crippen LogP contribution >= 0.6 is 0 Å². The number of esters is 1. The summed E-state index contributed by atoms with van der Waals surface area (Å²) >= 11 is 0. The second-order valence-corrected chi connectivity index (χ2v) is 4.06. The Labute approximate surface area is 117 Å². The molecule has 1 rings (SSSR count). The van der Waals surface area contributed by atoms with E-state index >= 15 is 0 Å². The normalized spacial score (nSPS) is 16.9. The molecular formula is C12H22O8. The Morgan fingerprint density at radius 3 is 1.75 bits per heavy atom. The van der Waals surface area contributed by atoms with Crippen LogP contribution in [-0.2, 0) is 19.1 Å². The lowest BCUT2D eigenvalue weighted by atomic mass is 10.2. The Morgan fingerprint density at radius 2 is 1.40 bits per heavy atom. The molecule has 0 amide bonds. The van der Waals surface area contributed by atoms with Crippen LogP contribution in [-0.4, -0.2) is 57.1 Å². The number of carboxylic acid groups (broad SMARTS) is 2. The van der Waals surface area contributed by atoms with Crippen LogP contribution in [0.5, 0.6) is 0 Å². The molecule has 20 heavy (non-hydrogen) atoms. The van der Waals surface area contributed by atoms with E-state index in [-0.39, 0.29) is 5.97 Å². The van der Waals surface area contributed by atoms with Crippen molar-refractivity contribution in [2.24, 2.45) is 0 Å². The van der Waals surface area contributed by atoms with Crippen molar-refractivity contribution in [3.63, 3.8) is 0 Å². The van der Waals surface area contributed by atoms with Gasteiger partial charge in [0.1, 0.15) is 12.2 Å². The molecule has 0 aromatic rings. The first kappa shape index (κ1) is 20.6. The molecule has 2 unspecified atom stereocenters. The van der Waals surface area contributed by atoms with E-state index in [1.165, 1.54) is 13.8 Å². The van der Waals surface area contributed by atoms with E-state index in [0.717, 1.165) is 19.3 Å². The number of hydrogen-bond acceptors (Lipinski definition) is 6. The van der Waals surface area contributed by atoms with E-state index < -0.39 is 24.1 Å². The molecule has 8 nitrogen and oxygen atoms in total. The number of aliphatic hydroxyl groups excluding tert-OH is 2. The van der Waals surface area contributed by atoms with Crippen molar-refractivity contribution >= 4 is 17.9 Å². The van der Waals surface area contributed by atoms with Gasteiger partial charge in [-0.2, -0.15) is 0 Å². The van der Waals surface area contributed by atoms with Crippen molar-refractivity contribution in [3.05, 3.63) is 0 Å². The van der Waals surface area contributed by atoms with Crippen LogP contribution in [0.3, 0.4) is 0 Å². The number of carbonyl (C=O) groups excluding carboxylic acids is 1. The second-order valence-electron chi connectivity index (χ2n) is 4.06. The summed E-state index contributed by atoms with van der Waals surface area (Å²) in [6, 6.07) is 0. The van der Waals surface area contributed by atoms with Crippen LogP contribution in [0.4, 0.5) is 0 Å².